The fourth-order valence-electron chi connectivity index (χ4n) is 2.80. The van der Waals surface area contributed by atoms with E-state index in [4.69, 9.17) is 4.74 Å². The third kappa shape index (κ3) is 3.19. The summed E-state index contributed by atoms with van der Waals surface area (Å²) in [7, 11) is 0. The fourth-order valence-corrected chi connectivity index (χ4v) is 2.80. The van der Waals surface area contributed by atoms with Gasteiger partial charge in [-0.15, -0.1) is 0 Å². The Kier molecular flexibility index (Phi) is 4.22. The lowest BCUT2D eigenvalue weighted by Crippen LogP contribution is -2.51. The van der Waals surface area contributed by atoms with Gasteiger partial charge in [-0.3, -0.25) is 4.90 Å². The van der Waals surface area contributed by atoms with E-state index in [2.05, 4.69) is 24.1 Å². The van der Waals surface area contributed by atoms with Crippen LogP contribution in [0.2, 0.25) is 0 Å². The van der Waals surface area contributed by atoms with Crippen LogP contribution in [0.3, 0.4) is 0 Å². The zero-order valence-corrected chi connectivity index (χ0v) is 10.8. The molecule has 1 atom stereocenters. The van der Waals surface area contributed by atoms with Crippen LogP contribution < -0.4 is 5.32 Å². The minimum absolute atomic E-state index is 0.364. The van der Waals surface area contributed by atoms with E-state index >= 15 is 0 Å². The highest BCUT2D eigenvalue weighted by molar-refractivity contribution is 5.00. The molecule has 3 nitrogen and oxygen atoms in total. The number of ether oxygens (including phenoxy) is 1. The fraction of sp³-hybridized carbons (Fsp3) is 1.00. The summed E-state index contributed by atoms with van der Waals surface area (Å²) >= 11 is 0. The third-order valence-corrected chi connectivity index (χ3v) is 3.97. The minimum Gasteiger partial charge on any atom is -0.380 e. The van der Waals surface area contributed by atoms with Gasteiger partial charge in [-0.1, -0.05) is 0 Å². The van der Waals surface area contributed by atoms with Crippen LogP contribution in [0.15, 0.2) is 0 Å². The largest absolute Gasteiger partial charge is 0.380 e. The summed E-state index contributed by atoms with van der Waals surface area (Å²) < 4.78 is 5.46. The molecule has 1 aliphatic heterocycles. The quantitative estimate of drug-likeness (QED) is 0.719. The molecule has 2 rings (SSSR count). The van der Waals surface area contributed by atoms with E-state index in [0.29, 0.717) is 5.54 Å². The lowest BCUT2D eigenvalue weighted by atomic mass is 9.95. The molecule has 0 spiro atoms. The second-order valence-corrected chi connectivity index (χ2v) is 5.45. The van der Waals surface area contributed by atoms with Gasteiger partial charge in [0.15, 0.2) is 0 Å². The molecule has 1 saturated carbocycles. The minimum atomic E-state index is 0.364. The van der Waals surface area contributed by atoms with Crippen LogP contribution in [-0.4, -0.2) is 49.8 Å². The molecule has 1 unspecified atom stereocenters. The van der Waals surface area contributed by atoms with E-state index in [1.807, 2.05) is 0 Å². The van der Waals surface area contributed by atoms with Crippen molar-refractivity contribution in [3.63, 3.8) is 0 Å². The summed E-state index contributed by atoms with van der Waals surface area (Å²) in [6, 6.07) is 0. The van der Waals surface area contributed by atoms with E-state index in [0.717, 1.165) is 25.7 Å². The highest BCUT2D eigenvalue weighted by Crippen LogP contribution is 2.40. The maximum absolute atomic E-state index is 5.46. The molecule has 1 heterocycles. The van der Waals surface area contributed by atoms with Crippen LogP contribution in [-0.2, 0) is 4.74 Å². The van der Waals surface area contributed by atoms with Crippen molar-refractivity contribution in [3.05, 3.63) is 0 Å². The Bertz CT molecular complexity index is 218. The lowest BCUT2D eigenvalue weighted by molar-refractivity contribution is 0.103. The van der Waals surface area contributed by atoms with Crippen LogP contribution in [0.5, 0.6) is 0 Å². The first kappa shape index (κ1) is 12.3. The van der Waals surface area contributed by atoms with Crippen molar-refractivity contribution in [1.82, 2.24) is 10.2 Å². The van der Waals surface area contributed by atoms with Gasteiger partial charge in [0.25, 0.3) is 0 Å². The average Bonchev–Trinajstić information content (AvgIpc) is 3.06. The number of rotatable bonds is 5. The predicted octanol–water partition coefficient (Wildman–Crippen LogP) is 1.49. The highest BCUT2D eigenvalue weighted by Gasteiger charge is 2.42. The van der Waals surface area contributed by atoms with Gasteiger partial charge in [-0.05, 0) is 52.1 Å². The molecular weight excluding hydrogens is 200 g/mol. The van der Waals surface area contributed by atoms with Gasteiger partial charge in [0.05, 0.1) is 6.61 Å². The van der Waals surface area contributed by atoms with Crippen molar-refractivity contribution in [3.8, 4) is 0 Å². The molecule has 2 fully saturated rings. The molecule has 94 valence electrons. The molecule has 0 aromatic carbocycles. The Morgan fingerprint density at radius 3 is 2.94 bits per heavy atom. The summed E-state index contributed by atoms with van der Waals surface area (Å²) in [4.78, 5) is 2.58. The number of nitrogens with zero attached hydrogens (tertiary/aromatic N) is 1. The molecular formula is C13H26N2O. The van der Waals surface area contributed by atoms with Crippen molar-refractivity contribution >= 4 is 0 Å². The standard InChI is InChI=1S/C13H26N2O/c1-3-16-10-9-15-8-4-7-14-13(2,11-15)12-5-6-12/h12,14H,3-11H2,1-2H3. The zero-order valence-electron chi connectivity index (χ0n) is 10.8. The molecule has 0 amide bonds. The van der Waals surface area contributed by atoms with Gasteiger partial charge in [0, 0.05) is 25.2 Å². The predicted molar refractivity (Wildman–Crippen MR) is 66.7 cm³/mol. The first-order chi connectivity index (χ1) is 7.74. The molecule has 3 heteroatoms. The van der Waals surface area contributed by atoms with Crippen LogP contribution >= 0.6 is 0 Å². The van der Waals surface area contributed by atoms with Gasteiger partial charge in [0.2, 0.25) is 0 Å². The molecule has 0 aromatic rings. The van der Waals surface area contributed by atoms with Crippen molar-refractivity contribution in [1.29, 1.82) is 0 Å². The Hall–Kier alpha value is -0.120. The van der Waals surface area contributed by atoms with Crippen LogP contribution in [0, 0.1) is 5.92 Å². The normalized spacial score (nSPS) is 32.6. The van der Waals surface area contributed by atoms with Crippen molar-refractivity contribution in [2.45, 2.75) is 38.6 Å². The number of hydrogen-bond donors (Lipinski definition) is 1. The van der Waals surface area contributed by atoms with Crippen LogP contribution in [0.25, 0.3) is 0 Å². The van der Waals surface area contributed by atoms with E-state index in [1.54, 1.807) is 0 Å². The monoisotopic (exact) mass is 226 g/mol. The van der Waals surface area contributed by atoms with Crippen LogP contribution in [0.4, 0.5) is 0 Å². The van der Waals surface area contributed by atoms with Gasteiger partial charge in [0.1, 0.15) is 0 Å². The Labute approximate surface area is 99.5 Å². The maximum Gasteiger partial charge on any atom is 0.0593 e. The van der Waals surface area contributed by atoms with E-state index in [9.17, 15) is 0 Å². The summed E-state index contributed by atoms with van der Waals surface area (Å²) in [6.07, 6.45) is 4.11. The van der Waals surface area contributed by atoms with E-state index in [1.165, 1.54) is 38.9 Å². The van der Waals surface area contributed by atoms with Gasteiger partial charge >= 0.3 is 0 Å². The number of nitrogens with one attached hydrogen (secondary N) is 1. The highest BCUT2D eigenvalue weighted by atomic mass is 16.5. The second kappa shape index (κ2) is 5.48. The van der Waals surface area contributed by atoms with Crippen molar-refractivity contribution in [2.75, 3.05) is 39.4 Å². The Morgan fingerprint density at radius 1 is 1.44 bits per heavy atom. The van der Waals surface area contributed by atoms with Gasteiger partial charge in [-0.2, -0.15) is 0 Å². The van der Waals surface area contributed by atoms with E-state index in [-0.39, 0.29) is 0 Å². The summed E-state index contributed by atoms with van der Waals surface area (Å²) in [5.74, 6) is 0.917. The first-order valence-corrected chi connectivity index (χ1v) is 6.80. The Morgan fingerprint density at radius 2 is 2.25 bits per heavy atom. The van der Waals surface area contributed by atoms with Crippen molar-refractivity contribution < 1.29 is 4.74 Å². The second-order valence-electron chi connectivity index (χ2n) is 5.45. The molecule has 0 bridgehead atoms. The smallest absolute Gasteiger partial charge is 0.0593 e. The molecule has 1 saturated heterocycles. The average molecular weight is 226 g/mol. The molecule has 0 radical (unpaired) electrons. The maximum atomic E-state index is 5.46. The third-order valence-electron chi connectivity index (χ3n) is 3.97. The molecule has 0 aromatic heterocycles. The zero-order chi connectivity index (χ0) is 11.4. The molecule has 1 N–H and O–H groups in total. The summed E-state index contributed by atoms with van der Waals surface area (Å²) in [5, 5.41) is 3.76. The van der Waals surface area contributed by atoms with Gasteiger partial charge < -0.3 is 10.1 Å². The number of hydrogen-bond acceptors (Lipinski definition) is 3. The first-order valence-electron chi connectivity index (χ1n) is 6.80. The van der Waals surface area contributed by atoms with Crippen molar-refractivity contribution in [2.24, 2.45) is 5.92 Å². The Balaban J connectivity index is 1.82. The molecule has 2 aliphatic rings. The van der Waals surface area contributed by atoms with E-state index < -0.39 is 0 Å². The lowest BCUT2D eigenvalue weighted by Gasteiger charge is -2.33. The van der Waals surface area contributed by atoms with Gasteiger partial charge in [-0.25, -0.2) is 0 Å². The SMILES string of the molecule is CCOCCN1CCCNC(C)(C2CC2)C1. The van der Waals surface area contributed by atoms with Crippen LogP contribution in [0.1, 0.15) is 33.1 Å². The topological polar surface area (TPSA) is 24.5 Å². The summed E-state index contributed by atoms with van der Waals surface area (Å²) in [5.41, 5.74) is 0.364. The summed E-state index contributed by atoms with van der Waals surface area (Å²) in [6.45, 7) is 10.9. The molecule has 16 heavy (non-hydrogen) atoms. The molecule has 1 aliphatic carbocycles.